The van der Waals surface area contributed by atoms with Gasteiger partial charge >= 0.3 is 0 Å². The van der Waals surface area contributed by atoms with Crippen LogP contribution in [0.2, 0.25) is 0 Å². The SMILES string of the molecule is COc1ccc(-c2nc(CC(=O)NCCS(=O)(=O)NCc3ccccc3)cs2)cc1OC. The molecule has 2 N–H and O–H groups in total. The third-order valence-corrected chi connectivity index (χ3v) is 6.82. The van der Waals surface area contributed by atoms with Crippen molar-refractivity contribution in [3.63, 3.8) is 0 Å². The molecular formula is C22H25N3O5S2. The standard InChI is InChI=1S/C22H25N3O5S2/c1-29-19-9-8-17(12-20(19)30-2)22-25-18(15-31-22)13-21(26)23-10-11-32(27,28)24-14-16-6-4-3-5-7-16/h3-9,12,15,24H,10-11,13-14H2,1-2H3,(H,23,26). The zero-order valence-electron chi connectivity index (χ0n) is 17.8. The molecule has 1 heterocycles. The van der Waals surface area contributed by atoms with Gasteiger partial charge < -0.3 is 14.8 Å². The van der Waals surface area contributed by atoms with Crippen LogP contribution < -0.4 is 19.5 Å². The average molecular weight is 476 g/mol. The molecule has 0 bridgehead atoms. The molecule has 0 saturated carbocycles. The van der Waals surface area contributed by atoms with Crippen LogP contribution >= 0.6 is 11.3 Å². The van der Waals surface area contributed by atoms with Crippen LogP contribution in [0.4, 0.5) is 0 Å². The fraction of sp³-hybridized carbons (Fsp3) is 0.273. The molecule has 0 spiro atoms. The quantitative estimate of drug-likeness (QED) is 0.442. The largest absolute Gasteiger partial charge is 0.493 e. The van der Waals surface area contributed by atoms with Crippen molar-refractivity contribution in [1.82, 2.24) is 15.0 Å². The van der Waals surface area contributed by atoms with Gasteiger partial charge in [0.2, 0.25) is 15.9 Å². The molecule has 3 rings (SSSR count). The molecule has 170 valence electrons. The van der Waals surface area contributed by atoms with Crippen molar-refractivity contribution in [3.8, 4) is 22.1 Å². The number of sulfonamides is 1. The Bertz CT molecular complexity index is 1150. The third-order valence-electron chi connectivity index (χ3n) is 4.56. The Morgan fingerprint density at radius 2 is 1.81 bits per heavy atom. The number of amides is 1. The summed E-state index contributed by atoms with van der Waals surface area (Å²) in [5.41, 5.74) is 2.34. The normalized spacial score (nSPS) is 11.2. The summed E-state index contributed by atoms with van der Waals surface area (Å²) >= 11 is 1.42. The fourth-order valence-corrected chi connectivity index (χ4v) is 4.62. The van der Waals surface area contributed by atoms with E-state index in [1.165, 1.54) is 11.3 Å². The number of ether oxygens (including phenoxy) is 2. The second-order valence-corrected chi connectivity index (χ2v) is 9.65. The zero-order valence-corrected chi connectivity index (χ0v) is 19.5. The predicted molar refractivity (Wildman–Crippen MR) is 124 cm³/mol. The minimum Gasteiger partial charge on any atom is -0.493 e. The first-order chi connectivity index (χ1) is 15.4. The average Bonchev–Trinajstić information content (AvgIpc) is 3.26. The molecule has 0 atom stereocenters. The number of methoxy groups -OCH3 is 2. The number of rotatable bonds is 11. The van der Waals surface area contributed by atoms with Gasteiger partial charge in [-0.05, 0) is 23.8 Å². The van der Waals surface area contributed by atoms with Crippen LogP contribution in [0.1, 0.15) is 11.3 Å². The fourth-order valence-electron chi connectivity index (χ4n) is 2.90. The number of benzene rings is 2. The molecule has 2 aromatic carbocycles. The lowest BCUT2D eigenvalue weighted by Gasteiger charge is -2.08. The van der Waals surface area contributed by atoms with Crippen LogP contribution in [0.3, 0.4) is 0 Å². The molecule has 3 aromatic rings. The molecular weight excluding hydrogens is 450 g/mol. The van der Waals surface area contributed by atoms with Crippen molar-refractivity contribution in [1.29, 1.82) is 0 Å². The van der Waals surface area contributed by atoms with Gasteiger partial charge in [0, 0.05) is 24.0 Å². The smallest absolute Gasteiger partial charge is 0.226 e. The van der Waals surface area contributed by atoms with E-state index in [4.69, 9.17) is 9.47 Å². The zero-order chi connectivity index (χ0) is 23.0. The maximum Gasteiger partial charge on any atom is 0.226 e. The first-order valence-electron chi connectivity index (χ1n) is 9.85. The summed E-state index contributed by atoms with van der Waals surface area (Å²) in [6.07, 6.45) is 0.0707. The van der Waals surface area contributed by atoms with Crippen molar-refractivity contribution >= 4 is 27.3 Å². The number of thiazole rings is 1. The van der Waals surface area contributed by atoms with Gasteiger partial charge in [0.1, 0.15) is 5.01 Å². The molecule has 0 radical (unpaired) electrons. The molecule has 1 aromatic heterocycles. The highest BCUT2D eigenvalue weighted by atomic mass is 32.2. The molecule has 0 fully saturated rings. The highest BCUT2D eigenvalue weighted by Gasteiger charge is 2.14. The maximum absolute atomic E-state index is 12.2. The lowest BCUT2D eigenvalue weighted by atomic mass is 10.2. The number of nitrogens with one attached hydrogen (secondary N) is 2. The topological polar surface area (TPSA) is 107 Å². The molecule has 0 aliphatic heterocycles. The van der Waals surface area contributed by atoms with Crippen LogP contribution in [0, 0.1) is 0 Å². The first-order valence-corrected chi connectivity index (χ1v) is 12.4. The van der Waals surface area contributed by atoms with Gasteiger partial charge in [-0.1, -0.05) is 30.3 Å². The highest BCUT2D eigenvalue weighted by Crippen LogP contribution is 2.33. The molecule has 1 amide bonds. The Kier molecular flexibility index (Phi) is 8.20. The Labute approximate surface area is 191 Å². The van der Waals surface area contributed by atoms with E-state index in [1.54, 1.807) is 20.3 Å². The minimum absolute atomic E-state index is 0.0234. The molecule has 0 unspecified atom stereocenters. The number of nitrogens with zero attached hydrogens (tertiary/aromatic N) is 1. The van der Waals surface area contributed by atoms with Gasteiger partial charge in [-0.25, -0.2) is 18.1 Å². The van der Waals surface area contributed by atoms with E-state index >= 15 is 0 Å². The van der Waals surface area contributed by atoms with Crippen LogP contribution in [0.5, 0.6) is 11.5 Å². The maximum atomic E-state index is 12.2. The summed E-state index contributed by atoms with van der Waals surface area (Å²) < 4.78 is 37.3. The van der Waals surface area contributed by atoms with E-state index in [9.17, 15) is 13.2 Å². The van der Waals surface area contributed by atoms with Crippen LogP contribution in [0.25, 0.3) is 10.6 Å². The van der Waals surface area contributed by atoms with E-state index in [-0.39, 0.29) is 31.2 Å². The van der Waals surface area contributed by atoms with Gasteiger partial charge in [0.25, 0.3) is 0 Å². The van der Waals surface area contributed by atoms with E-state index < -0.39 is 10.0 Å². The van der Waals surface area contributed by atoms with Crippen molar-refractivity contribution < 1.29 is 22.7 Å². The van der Waals surface area contributed by atoms with E-state index in [0.717, 1.165) is 16.1 Å². The van der Waals surface area contributed by atoms with Crippen molar-refractivity contribution in [3.05, 3.63) is 65.2 Å². The lowest BCUT2D eigenvalue weighted by Crippen LogP contribution is -2.34. The van der Waals surface area contributed by atoms with Crippen molar-refractivity contribution in [2.75, 3.05) is 26.5 Å². The lowest BCUT2D eigenvalue weighted by molar-refractivity contribution is -0.120. The monoisotopic (exact) mass is 475 g/mol. The van der Waals surface area contributed by atoms with E-state index in [0.29, 0.717) is 17.2 Å². The minimum atomic E-state index is -3.49. The van der Waals surface area contributed by atoms with Gasteiger partial charge in [0.05, 0.1) is 32.1 Å². The molecule has 0 aliphatic rings. The first kappa shape index (κ1) is 23.7. The number of hydrogen-bond acceptors (Lipinski definition) is 7. The number of carbonyl (C=O) groups is 1. The van der Waals surface area contributed by atoms with Gasteiger partial charge in [-0.15, -0.1) is 11.3 Å². The van der Waals surface area contributed by atoms with E-state index in [1.807, 2.05) is 47.8 Å². The highest BCUT2D eigenvalue weighted by molar-refractivity contribution is 7.89. The van der Waals surface area contributed by atoms with Crippen molar-refractivity contribution in [2.24, 2.45) is 0 Å². The van der Waals surface area contributed by atoms with E-state index in [2.05, 4.69) is 15.0 Å². The van der Waals surface area contributed by atoms with Gasteiger partial charge in [-0.3, -0.25) is 4.79 Å². The van der Waals surface area contributed by atoms with Gasteiger partial charge in [0.15, 0.2) is 11.5 Å². The second-order valence-electron chi connectivity index (χ2n) is 6.87. The summed E-state index contributed by atoms with van der Waals surface area (Å²) in [4.78, 5) is 16.7. The Balaban J connectivity index is 1.48. The second kappa shape index (κ2) is 11.1. The summed E-state index contributed by atoms with van der Waals surface area (Å²) in [5, 5.41) is 5.20. The summed E-state index contributed by atoms with van der Waals surface area (Å²) in [6.45, 7) is 0.241. The summed E-state index contributed by atoms with van der Waals surface area (Å²) in [7, 11) is -0.355. The van der Waals surface area contributed by atoms with Crippen LogP contribution in [0.15, 0.2) is 53.9 Å². The molecule has 0 saturated heterocycles. The Morgan fingerprint density at radius 1 is 1.06 bits per heavy atom. The Morgan fingerprint density at radius 3 is 2.53 bits per heavy atom. The molecule has 8 nitrogen and oxygen atoms in total. The molecule has 32 heavy (non-hydrogen) atoms. The van der Waals surface area contributed by atoms with Gasteiger partial charge in [-0.2, -0.15) is 0 Å². The van der Waals surface area contributed by atoms with Crippen molar-refractivity contribution in [2.45, 2.75) is 13.0 Å². The number of carbonyl (C=O) groups excluding carboxylic acids is 1. The summed E-state index contributed by atoms with van der Waals surface area (Å²) in [5.74, 6) is 0.745. The molecule has 10 heteroatoms. The Hall–Kier alpha value is -2.95. The number of hydrogen-bond donors (Lipinski definition) is 2. The summed E-state index contributed by atoms with van der Waals surface area (Å²) in [6, 6.07) is 14.7. The molecule has 0 aliphatic carbocycles. The number of aromatic nitrogens is 1. The third kappa shape index (κ3) is 6.78. The van der Waals surface area contributed by atoms with Crippen LogP contribution in [-0.4, -0.2) is 45.8 Å². The predicted octanol–water partition coefficient (Wildman–Crippen LogP) is 2.61. The van der Waals surface area contributed by atoms with Crippen LogP contribution in [-0.2, 0) is 27.8 Å².